The number of hydrogen-bond acceptors (Lipinski definition) is 5. The number of nitrogens with zero attached hydrogens (tertiary/aromatic N) is 3. The summed E-state index contributed by atoms with van der Waals surface area (Å²) in [5.74, 6) is 4.59. The van der Waals surface area contributed by atoms with Crippen molar-refractivity contribution in [3.63, 3.8) is 0 Å². The molecule has 0 aliphatic rings. The molecule has 0 fully saturated rings. The fourth-order valence-electron chi connectivity index (χ4n) is 3.26. The summed E-state index contributed by atoms with van der Waals surface area (Å²) >= 11 is 6.11. The van der Waals surface area contributed by atoms with E-state index in [1.54, 1.807) is 18.2 Å². The van der Waals surface area contributed by atoms with Gasteiger partial charge in [-0.05, 0) is 54.1 Å². The highest BCUT2D eigenvalue weighted by molar-refractivity contribution is 6.30. The molecule has 4 N–H and O–H groups in total. The molecule has 3 rings (SSSR count). The van der Waals surface area contributed by atoms with Crippen molar-refractivity contribution >= 4 is 53.9 Å². The Kier molecular flexibility index (Phi) is 9.44. The third kappa shape index (κ3) is 7.86. The Bertz CT molecular complexity index is 1270. The van der Waals surface area contributed by atoms with Crippen molar-refractivity contribution in [2.75, 3.05) is 10.3 Å². The van der Waals surface area contributed by atoms with Crippen LogP contribution < -0.4 is 21.5 Å². The number of halogens is 2. The van der Waals surface area contributed by atoms with Crippen LogP contribution in [-0.2, 0) is 16.0 Å². The van der Waals surface area contributed by atoms with E-state index in [2.05, 4.69) is 27.6 Å². The molecule has 3 aromatic carbocycles. The largest absolute Gasteiger partial charge is 0.340 e. The SMILES string of the molecule is C=N/N=C\N(N)c1ccc(Cl)cc1/C=C/C(=O)N[C@@H](Cc1ccccc1)C(=O)Nc1ccc(F)cc1. The summed E-state index contributed by atoms with van der Waals surface area (Å²) in [4.78, 5) is 25.8. The maximum atomic E-state index is 13.2. The number of carbonyl (C=O) groups excluding carboxylic acids is 2. The van der Waals surface area contributed by atoms with Crippen LogP contribution in [0.2, 0.25) is 5.02 Å². The molecule has 3 aromatic rings. The number of nitrogens with one attached hydrogen (secondary N) is 2. The van der Waals surface area contributed by atoms with Gasteiger partial charge in [-0.25, -0.2) is 10.2 Å². The van der Waals surface area contributed by atoms with Crippen molar-refractivity contribution in [1.82, 2.24) is 5.32 Å². The Morgan fingerprint density at radius 1 is 1.11 bits per heavy atom. The Morgan fingerprint density at radius 2 is 1.83 bits per heavy atom. The van der Waals surface area contributed by atoms with Crippen LogP contribution in [0.4, 0.5) is 15.8 Å². The van der Waals surface area contributed by atoms with Crippen LogP contribution >= 0.6 is 11.6 Å². The van der Waals surface area contributed by atoms with E-state index in [-0.39, 0.29) is 6.42 Å². The minimum atomic E-state index is -0.898. The second kappa shape index (κ2) is 12.9. The van der Waals surface area contributed by atoms with Crippen LogP contribution in [0.3, 0.4) is 0 Å². The van der Waals surface area contributed by atoms with Crippen molar-refractivity contribution in [1.29, 1.82) is 0 Å². The summed E-state index contributed by atoms with van der Waals surface area (Å²) in [6.45, 7) is 3.26. The van der Waals surface area contributed by atoms with E-state index >= 15 is 0 Å². The third-order valence-corrected chi connectivity index (χ3v) is 5.20. The van der Waals surface area contributed by atoms with Gasteiger partial charge in [-0.15, -0.1) is 5.10 Å². The number of hydrogen-bond donors (Lipinski definition) is 3. The first-order valence-corrected chi connectivity index (χ1v) is 11.1. The van der Waals surface area contributed by atoms with Gasteiger partial charge in [0.05, 0.1) is 5.69 Å². The fourth-order valence-corrected chi connectivity index (χ4v) is 3.44. The predicted molar refractivity (Wildman–Crippen MR) is 142 cm³/mol. The first kappa shape index (κ1) is 26.3. The zero-order chi connectivity index (χ0) is 25.9. The molecule has 1 atom stereocenters. The molecule has 0 aliphatic carbocycles. The lowest BCUT2D eigenvalue weighted by Gasteiger charge is -2.18. The smallest absolute Gasteiger partial charge is 0.247 e. The van der Waals surface area contributed by atoms with Gasteiger partial charge in [0, 0.05) is 35.5 Å². The van der Waals surface area contributed by atoms with Crippen LogP contribution in [0.15, 0.2) is 89.1 Å². The zero-order valence-corrected chi connectivity index (χ0v) is 19.9. The van der Waals surface area contributed by atoms with Gasteiger partial charge in [-0.3, -0.25) is 14.6 Å². The molecular formula is C26H24ClFN6O2. The number of nitrogens with two attached hydrogens (primary N) is 1. The van der Waals surface area contributed by atoms with Crippen LogP contribution in [0, 0.1) is 5.82 Å². The van der Waals surface area contributed by atoms with Crippen LogP contribution in [0.1, 0.15) is 11.1 Å². The van der Waals surface area contributed by atoms with Gasteiger partial charge in [0.1, 0.15) is 18.2 Å². The van der Waals surface area contributed by atoms with Gasteiger partial charge in [0.15, 0.2) is 0 Å². The summed E-state index contributed by atoms with van der Waals surface area (Å²) in [6, 6.07) is 18.6. The number of rotatable bonds is 10. The molecule has 0 unspecified atom stereocenters. The van der Waals surface area contributed by atoms with Crippen LogP contribution in [0.25, 0.3) is 6.08 Å². The number of hydrazine groups is 1. The zero-order valence-electron chi connectivity index (χ0n) is 19.1. The minimum Gasteiger partial charge on any atom is -0.340 e. The summed E-state index contributed by atoms with van der Waals surface area (Å²) in [5, 5.41) is 14.1. The molecular weight excluding hydrogens is 483 g/mol. The topological polar surface area (TPSA) is 112 Å². The molecule has 0 spiro atoms. The molecule has 0 aliphatic heterocycles. The molecule has 10 heteroatoms. The van der Waals surface area contributed by atoms with E-state index in [0.717, 1.165) is 5.56 Å². The van der Waals surface area contributed by atoms with Crippen LogP contribution in [-0.4, -0.2) is 30.9 Å². The number of benzene rings is 3. The van der Waals surface area contributed by atoms with E-state index in [1.165, 1.54) is 47.8 Å². The van der Waals surface area contributed by atoms with Crippen molar-refractivity contribution in [2.45, 2.75) is 12.5 Å². The average Bonchev–Trinajstić information content (AvgIpc) is 2.87. The van der Waals surface area contributed by atoms with E-state index < -0.39 is 23.7 Å². The average molecular weight is 507 g/mol. The van der Waals surface area contributed by atoms with Gasteiger partial charge in [0.2, 0.25) is 11.8 Å². The van der Waals surface area contributed by atoms with Crippen molar-refractivity contribution < 1.29 is 14.0 Å². The molecule has 0 radical (unpaired) electrons. The molecule has 0 heterocycles. The summed E-state index contributed by atoms with van der Waals surface area (Å²) in [6.07, 6.45) is 4.29. The lowest BCUT2D eigenvalue weighted by Crippen LogP contribution is -2.44. The van der Waals surface area contributed by atoms with Gasteiger partial charge >= 0.3 is 0 Å². The Balaban J connectivity index is 1.78. The van der Waals surface area contributed by atoms with E-state index in [4.69, 9.17) is 17.4 Å². The monoisotopic (exact) mass is 506 g/mol. The predicted octanol–water partition coefficient (Wildman–Crippen LogP) is 4.18. The Hall–Kier alpha value is -4.34. The summed E-state index contributed by atoms with van der Waals surface area (Å²) in [5.41, 5.74) is 2.30. The highest BCUT2D eigenvalue weighted by Crippen LogP contribution is 2.23. The molecule has 0 saturated carbocycles. The minimum absolute atomic E-state index is 0.247. The van der Waals surface area contributed by atoms with Crippen LogP contribution in [0.5, 0.6) is 0 Å². The van der Waals surface area contributed by atoms with Gasteiger partial charge in [0.25, 0.3) is 0 Å². The highest BCUT2D eigenvalue weighted by atomic mass is 35.5. The second-order valence-corrected chi connectivity index (χ2v) is 8.00. The summed E-state index contributed by atoms with van der Waals surface area (Å²) in [7, 11) is 0. The van der Waals surface area contributed by atoms with Crippen molar-refractivity contribution in [3.05, 3.63) is 101 Å². The number of amides is 2. The molecule has 0 aromatic heterocycles. The molecule has 184 valence electrons. The van der Waals surface area contributed by atoms with Gasteiger partial charge in [-0.2, -0.15) is 5.10 Å². The highest BCUT2D eigenvalue weighted by Gasteiger charge is 2.21. The molecule has 0 bridgehead atoms. The Morgan fingerprint density at radius 3 is 2.53 bits per heavy atom. The molecule has 2 amide bonds. The lowest BCUT2D eigenvalue weighted by atomic mass is 10.0. The standard InChI is InChI=1S/C26H24ClFN6O2/c1-30-31-17-34(29)24-13-8-20(27)16-19(24)7-14-25(35)33-23(15-18-5-3-2-4-6-18)26(36)32-22-11-9-21(28)10-12-22/h2-14,16-17,23H,1,15,29H2,(H,32,36)(H,33,35)/b14-7+,31-17-/t23-/m0/s1. The molecule has 36 heavy (non-hydrogen) atoms. The molecule has 0 saturated heterocycles. The maximum Gasteiger partial charge on any atom is 0.247 e. The normalized spacial score (nSPS) is 11.9. The lowest BCUT2D eigenvalue weighted by molar-refractivity contribution is -0.123. The molecule has 8 nitrogen and oxygen atoms in total. The number of anilines is 2. The first-order chi connectivity index (χ1) is 17.4. The van der Waals surface area contributed by atoms with Gasteiger partial charge < -0.3 is 10.6 Å². The van der Waals surface area contributed by atoms with Crippen molar-refractivity contribution in [2.24, 2.45) is 16.0 Å². The Labute approximate surface area is 212 Å². The first-order valence-electron chi connectivity index (χ1n) is 10.8. The second-order valence-electron chi connectivity index (χ2n) is 7.56. The van der Waals surface area contributed by atoms with E-state index in [0.29, 0.717) is 22.0 Å². The fraction of sp³-hybridized carbons (Fsp3) is 0.0769. The van der Waals surface area contributed by atoms with E-state index in [9.17, 15) is 14.0 Å². The number of carbonyl (C=O) groups is 2. The van der Waals surface area contributed by atoms with Gasteiger partial charge in [-0.1, -0.05) is 41.9 Å². The van der Waals surface area contributed by atoms with E-state index in [1.807, 2.05) is 30.3 Å². The van der Waals surface area contributed by atoms with Crippen molar-refractivity contribution in [3.8, 4) is 0 Å². The maximum absolute atomic E-state index is 13.2. The third-order valence-electron chi connectivity index (χ3n) is 4.97. The summed E-state index contributed by atoms with van der Waals surface area (Å²) < 4.78 is 13.2. The quantitative estimate of drug-likeness (QED) is 0.126.